The Kier molecular flexibility index (Phi) is 5.82. The Morgan fingerprint density at radius 1 is 1.32 bits per heavy atom. The van der Waals surface area contributed by atoms with Crippen molar-refractivity contribution in [2.45, 2.75) is 25.2 Å². The smallest absolute Gasteiger partial charge is 0.240 e. The summed E-state index contributed by atoms with van der Waals surface area (Å²) in [6, 6.07) is 3.41. The summed E-state index contributed by atoms with van der Waals surface area (Å²) in [7, 11) is -3.66. The second-order valence-electron chi connectivity index (χ2n) is 6.18. The van der Waals surface area contributed by atoms with Crippen molar-refractivity contribution in [2.75, 3.05) is 26.2 Å². The van der Waals surface area contributed by atoms with Gasteiger partial charge in [-0.1, -0.05) is 25.4 Å². The molecule has 1 aromatic rings. The van der Waals surface area contributed by atoms with Crippen molar-refractivity contribution in [1.29, 1.82) is 0 Å². The molecule has 0 bridgehead atoms. The average molecular weight is 349 g/mol. The lowest BCUT2D eigenvalue weighted by atomic mass is 9.92. The van der Waals surface area contributed by atoms with Gasteiger partial charge in [0, 0.05) is 26.2 Å². The average Bonchev–Trinajstić information content (AvgIpc) is 2.40. The summed E-state index contributed by atoms with van der Waals surface area (Å²) in [6.07, 6.45) is 1.22. The van der Waals surface area contributed by atoms with Gasteiger partial charge in [-0.05, 0) is 36.5 Å². The molecule has 2 unspecified atom stereocenters. The van der Waals surface area contributed by atoms with Crippen LogP contribution in [0.5, 0.6) is 0 Å². The van der Waals surface area contributed by atoms with Crippen LogP contribution in [0, 0.1) is 17.7 Å². The second-order valence-corrected chi connectivity index (χ2v) is 8.35. The van der Waals surface area contributed by atoms with Crippen molar-refractivity contribution in [3.8, 4) is 0 Å². The maximum Gasteiger partial charge on any atom is 0.240 e. The molecule has 0 aromatic heterocycles. The van der Waals surface area contributed by atoms with Crippen LogP contribution < -0.4 is 4.72 Å². The predicted octanol–water partition coefficient (Wildman–Crippen LogP) is 2.74. The highest BCUT2D eigenvalue weighted by Crippen LogP contribution is 2.21. The molecule has 0 radical (unpaired) electrons. The Labute approximate surface area is 136 Å². The Balaban J connectivity index is 1.91. The minimum Gasteiger partial charge on any atom is -0.302 e. The third-order valence-corrected chi connectivity index (χ3v) is 5.61. The predicted molar refractivity (Wildman–Crippen MR) is 86.0 cm³/mol. The zero-order chi connectivity index (χ0) is 16.3. The number of hydrogen-bond donors (Lipinski definition) is 1. The van der Waals surface area contributed by atoms with Gasteiger partial charge in [-0.2, -0.15) is 0 Å². The van der Waals surface area contributed by atoms with E-state index in [1.807, 2.05) is 0 Å². The number of rotatable bonds is 5. The third kappa shape index (κ3) is 4.65. The molecule has 22 heavy (non-hydrogen) atoms. The van der Waals surface area contributed by atoms with Crippen LogP contribution in [0.15, 0.2) is 23.1 Å². The van der Waals surface area contributed by atoms with E-state index in [-0.39, 0.29) is 9.92 Å². The van der Waals surface area contributed by atoms with Gasteiger partial charge < -0.3 is 4.90 Å². The van der Waals surface area contributed by atoms with Crippen molar-refractivity contribution < 1.29 is 12.8 Å². The van der Waals surface area contributed by atoms with Crippen molar-refractivity contribution in [1.82, 2.24) is 9.62 Å². The molecular weight excluding hydrogens is 327 g/mol. The topological polar surface area (TPSA) is 49.4 Å². The van der Waals surface area contributed by atoms with E-state index in [1.54, 1.807) is 0 Å². The van der Waals surface area contributed by atoms with Crippen LogP contribution >= 0.6 is 11.6 Å². The zero-order valence-electron chi connectivity index (χ0n) is 12.9. The maximum absolute atomic E-state index is 13.1. The van der Waals surface area contributed by atoms with E-state index in [0.29, 0.717) is 24.9 Å². The first-order chi connectivity index (χ1) is 10.3. The maximum atomic E-state index is 13.1. The SMILES string of the molecule is CC1CC(C)CN(CCNS(=O)(=O)c2ccc(F)c(Cl)c2)C1. The monoisotopic (exact) mass is 348 g/mol. The molecule has 1 aliphatic rings. The van der Waals surface area contributed by atoms with Crippen LogP contribution in [0.4, 0.5) is 4.39 Å². The fourth-order valence-electron chi connectivity index (χ4n) is 3.04. The van der Waals surface area contributed by atoms with Crippen molar-refractivity contribution in [2.24, 2.45) is 11.8 Å². The van der Waals surface area contributed by atoms with Crippen LogP contribution in [0.1, 0.15) is 20.3 Å². The lowest BCUT2D eigenvalue weighted by molar-refractivity contribution is 0.143. The first-order valence-electron chi connectivity index (χ1n) is 7.45. The normalized spacial score (nSPS) is 23.6. The second kappa shape index (κ2) is 7.25. The van der Waals surface area contributed by atoms with Crippen LogP contribution in [0.3, 0.4) is 0 Å². The van der Waals surface area contributed by atoms with E-state index in [1.165, 1.54) is 12.5 Å². The number of halogens is 2. The van der Waals surface area contributed by atoms with Crippen molar-refractivity contribution >= 4 is 21.6 Å². The van der Waals surface area contributed by atoms with E-state index < -0.39 is 15.8 Å². The number of benzene rings is 1. The summed E-state index contributed by atoms with van der Waals surface area (Å²) in [4.78, 5) is 2.26. The molecule has 1 aromatic carbocycles. The van der Waals surface area contributed by atoms with Gasteiger partial charge in [0.25, 0.3) is 0 Å². The lowest BCUT2D eigenvalue weighted by Crippen LogP contribution is -2.42. The first kappa shape index (κ1) is 17.7. The summed E-state index contributed by atoms with van der Waals surface area (Å²) < 4.78 is 40.0. The molecule has 1 saturated heterocycles. The summed E-state index contributed by atoms with van der Waals surface area (Å²) >= 11 is 5.63. The van der Waals surface area contributed by atoms with Crippen LogP contribution in [-0.4, -0.2) is 39.5 Å². The molecular formula is C15H22ClFN2O2S. The Morgan fingerprint density at radius 3 is 2.55 bits per heavy atom. The number of piperidine rings is 1. The summed E-state index contributed by atoms with van der Waals surface area (Å²) in [5.41, 5.74) is 0. The number of nitrogens with one attached hydrogen (secondary N) is 1. The molecule has 0 aliphatic carbocycles. The summed E-state index contributed by atoms with van der Waals surface area (Å²) in [6.45, 7) is 7.42. The first-order valence-corrected chi connectivity index (χ1v) is 9.31. The van der Waals surface area contributed by atoms with Crippen LogP contribution in [0.2, 0.25) is 5.02 Å². The molecule has 2 rings (SSSR count). The van der Waals surface area contributed by atoms with Crippen LogP contribution in [0.25, 0.3) is 0 Å². The van der Waals surface area contributed by atoms with Gasteiger partial charge in [0.2, 0.25) is 10.0 Å². The number of sulfonamides is 1. The molecule has 7 heteroatoms. The van der Waals surface area contributed by atoms with Gasteiger partial charge in [-0.15, -0.1) is 0 Å². The van der Waals surface area contributed by atoms with E-state index in [2.05, 4.69) is 23.5 Å². The fourth-order valence-corrected chi connectivity index (χ4v) is 4.33. The molecule has 2 atom stereocenters. The Hall–Kier alpha value is -0.690. The van der Waals surface area contributed by atoms with Crippen LogP contribution in [-0.2, 0) is 10.0 Å². The minimum atomic E-state index is -3.66. The van der Waals surface area contributed by atoms with E-state index in [0.717, 1.165) is 25.2 Å². The standard InChI is InChI=1S/C15H22ClFN2O2S/c1-11-7-12(2)10-19(9-11)6-5-18-22(20,21)13-3-4-15(17)14(16)8-13/h3-4,8,11-12,18H,5-7,9-10H2,1-2H3. The Bertz CT molecular complexity index is 614. The zero-order valence-corrected chi connectivity index (χ0v) is 14.4. The van der Waals surface area contributed by atoms with Gasteiger partial charge in [0.05, 0.1) is 9.92 Å². The van der Waals surface area contributed by atoms with Crippen molar-refractivity contribution in [3.05, 3.63) is 29.0 Å². The molecule has 0 spiro atoms. The van der Waals surface area contributed by atoms with Gasteiger partial charge >= 0.3 is 0 Å². The van der Waals surface area contributed by atoms with Gasteiger partial charge in [0.15, 0.2) is 0 Å². The molecule has 0 amide bonds. The summed E-state index contributed by atoms with van der Waals surface area (Å²) in [5.74, 6) is 0.643. The summed E-state index contributed by atoms with van der Waals surface area (Å²) in [5, 5.41) is -0.193. The molecule has 4 nitrogen and oxygen atoms in total. The minimum absolute atomic E-state index is 0.0146. The van der Waals surface area contributed by atoms with E-state index in [9.17, 15) is 12.8 Å². The van der Waals surface area contributed by atoms with Gasteiger partial charge in [-0.25, -0.2) is 17.5 Å². The molecule has 0 saturated carbocycles. The highest BCUT2D eigenvalue weighted by atomic mass is 35.5. The highest BCUT2D eigenvalue weighted by Gasteiger charge is 2.22. The largest absolute Gasteiger partial charge is 0.302 e. The number of likely N-dealkylation sites (tertiary alicyclic amines) is 1. The van der Waals surface area contributed by atoms with E-state index in [4.69, 9.17) is 11.6 Å². The highest BCUT2D eigenvalue weighted by molar-refractivity contribution is 7.89. The van der Waals surface area contributed by atoms with Gasteiger partial charge in [-0.3, -0.25) is 0 Å². The quantitative estimate of drug-likeness (QED) is 0.890. The Morgan fingerprint density at radius 2 is 1.95 bits per heavy atom. The van der Waals surface area contributed by atoms with Gasteiger partial charge in [0.1, 0.15) is 5.82 Å². The van der Waals surface area contributed by atoms with Crippen molar-refractivity contribution in [3.63, 3.8) is 0 Å². The van der Waals surface area contributed by atoms with E-state index >= 15 is 0 Å². The molecule has 1 aliphatic heterocycles. The molecule has 1 fully saturated rings. The lowest BCUT2D eigenvalue weighted by Gasteiger charge is -2.34. The molecule has 1 heterocycles. The molecule has 1 N–H and O–H groups in total. The number of nitrogens with zero attached hydrogens (tertiary/aromatic N) is 1. The number of hydrogen-bond acceptors (Lipinski definition) is 3. The third-order valence-electron chi connectivity index (χ3n) is 3.87. The fraction of sp³-hybridized carbons (Fsp3) is 0.600. The molecule has 124 valence electrons.